The van der Waals surface area contributed by atoms with E-state index in [0.717, 1.165) is 5.69 Å². The van der Waals surface area contributed by atoms with Crippen LogP contribution in [0.15, 0.2) is 29.0 Å². The summed E-state index contributed by atoms with van der Waals surface area (Å²) < 4.78 is 18.6. The summed E-state index contributed by atoms with van der Waals surface area (Å²) in [6, 6.07) is 4.66. The van der Waals surface area contributed by atoms with Crippen molar-refractivity contribution in [3.8, 4) is 5.75 Å². The highest BCUT2D eigenvalue weighted by Gasteiger charge is 2.08. The lowest BCUT2D eigenvalue weighted by Crippen LogP contribution is -1.98. The summed E-state index contributed by atoms with van der Waals surface area (Å²) in [4.78, 5) is 0. The first-order valence-corrected chi connectivity index (χ1v) is 5.57. The van der Waals surface area contributed by atoms with Crippen LogP contribution >= 0.6 is 11.3 Å². The van der Waals surface area contributed by atoms with Crippen molar-refractivity contribution in [1.82, 2.24) is 0 Å². The van der Waals surface area contributed by atoms with Crippen molar-refractivity contribution >= 4 is 28.4 Å². The van der Waals surface area contributed by atoms with Gasteiger partial charge in [-0.25, -0.2) is 4.39 Å². The van der Waals surface area contributed by atoms with Crippen LogP contribution in [0.4, 0.5) is 21.5 Å². The van der Waals surface area contributed by atoms with Gasteiger partial charge in [0.25, 0.3) is 0 Å². The van der Waals surface area contributed by atoms with Gasteiger partial charge in [-0.3, -0.25) is 0 Å². The van der Waals surface area contributed by atoms with Crippen LogP contribution in [0.5, 0.6) is 5.75 Å². The summed E-state index contributed by atoms with van der Waals surface area (Å²) in [7, 11) is 1.50. The summed E-state index contributed by atoms with van der Waals surface area (Å²) in [6.07, 6.45) is 0. The first kappa shape index (κ1) is 10.8. The van der Waals surface area contributed by atoms with Crippen LogP contribution in [0, 0.1) is 5.82 Å². The van der Waals surface area contributed by atoms with Crippen LogP contribution in [-0.4, -0.2) is 7.11 Å². The zero-order valence-electron chi connectivity index (χ0n) is 8.66. The molecule has 0 saturated heterocycles. The van der Waals surface area contributed by atoms with Gasteiger partial charge < -0.3 is 15.8 Å². The molecular formula is C11H11FN2OS. The topological polar surface area (TPSA) is 47.3 Å². The summed E-state index contributed by atoms with van der Waals surface area (Å²) >= 11 is 1.54. The number of nitrogen functional groups attached to an aromatic ring is 1. The highest BCUT2D eigenvalue weighted by molar-refractivity contribution is 7.08. The average Bonchev–Trinajstić information content (AvgIpc) is 2.75. The van der Waals surface area contributed by atoms with Crippen molar-refractivity contribution in [2.45, 2.75) is 0 Å². The fourth-order valence-electron chi connectivity index (χ4n) is 1.33. The number of methoxy groups -OCH3 is 1. The lowest BCUT2D eigenvalue weighted by Gasteiger charge is -2.10. The maximum absolute atomic E-state index is 13.6. The number of ether oxygens (including phenoxy) is 1. The molecule has 1 aromatic carbocycles. The molecule has 2 rings (SSSR count). The van der Waals surface area contributed by atoms with E-state index in [1.807, 2.05) is 16.8 Å². The molecule has 1 aromatic heterocycles. The fourth-order valence-corrected chi connectivity index (χ4v) is 1.92. The van der Waals surface area contributed by atoms with Gasteiger partial charge in [0.15, 0.2) is 0 Å². The summed E-state index contributed by atoms with van der Waals surface area (Å²) in [5.74, 6) is 0.0589. The Hall–Kier alpha value is -1.75. The van der Waals surface area contributed by atoms with Gasteiger partial charge in [-0.15, -0.1) is 0 Å². The molecule has 1 heterocycles. The second kappa shape index (κ2) is 4.40. The maximum atomic E-state index is 13.6. The van der Waals surface area contributed by atoms with E-state index in [9.17, 15) is 4.39 Å². The predicted molar refractivity (Wildman–Crippen MR) is 65.0 cm³/mol. The molecule has 3 N–H and O–H groups in total. The maximum Gasteiger partial charge on any atom is 0.148 e. The third-order valence-electron chi connectivity index (χ3n) is 2.12. The van der Waals surface area contributed by atoms with E-state index >= 15 is 0 Å². The molecule has 0 fully saturated rings. The Morgan fingerprint density at radius 3 is 2.88 bits per heavy atom. The Morgan fingerprint density at radius 2 is 2.25 bits per heavy atom. The Kier molecular flexibility index (Phi) is 2.96. The molecule has 3 nitrogen and oxygen atoms in total. The second-order valence-electron chi connectivity index (χ2n) is 3.21. The highest BCUT2D eigenvalue weighted by Crippen LogP contribution is 2.30. The molecule has 0 saturated carbocycles. The van der Waals surface area contributed by atoms with Gasteiger partial charge in [-0.1, -0.05) is 0 Å². The Balaban J connectivity index is 2.33. The largest absolute Gasteiger partial charge is 0.495 e. The molecule has 84 valence electrons. The first-order valence-electron chi connectivity index (χ1n) is 4.63. The van der Waals surface area contributed by atoms with Crippen LogP contribution in [0.1, 0.15) is 0 Å². The third kappa shape index (κ3) is 2.09. The molecule has 0 amide bonds. The minimum absolute atomic E-state index is 0.288. The van der Waals surface area contributed by atoms with Gasteiger partial charge in [0, 0.05) is 23.2 Å². The Morgan fingerprint density at radius 1 is 1.44 bits per heavy atom. The van der Waals surface area contributed by atoms with Gasteiger partial charge in [-0.2, -0.15) is 11.3 Å². The molecule has 5 heteroatoms. The van der Waals surface area contributed by atoms with Crippen LogP contribution in [0.25, 0.3) is 0 Å². The molecule has 0 radical (unpaired) electrons. The summed E-state index contributed by atoms with van der Waals surface area (Å²) in [6.45, 7) is 0. The number of halogens is 1. The van der Waals surface area contributed by atoms with Crippen LogP contribution in [0.3, 0.4) is 0 Å². The van der Waals surface area contributed by atoms with Gasteiger partial charge in [0.05, 0.1) is 18.5 Å². The van der Waals surface area contributed by atoms with E-state index in [1.54, 1.807) is 6.07 Å². The Labute approximate surface area is 96.7 Å². The standard InChI is InChI=1S/C11H11FN2OS/c1-15-11-5-10(8(12)4-9(11)13)14-7-2-3-16-6-7/h2-6,14H,13H2,1H3. The Bertz CT molecular complexity index is 485. The third-order valence-corrected chi connectivity index (χ3v) is 2.80. The number of hydrogen-bond acceptors (Lipinski definition) is 4. The van der Waals surface area contributed by atoms with Crippen molar-refractivity contribution in [2.24, 2.45) is 0 Å². The second-order valence-corrected chi connectivity index (χ2v) is 3.99. The SMILES string of the molecule is COc1cc(Nc2ccsc2)c(F)cc1N. The van der Waals surface area contributed by atoms with E-state index in [1.165, 1.54) is 24.5 Å². The van der Waals surface area contributed by atoms with Crippen molar-refractivity contribution < 1.29 is 9.13 Å². The quantitative estimate of drug-likeness (QED) is 0.807. The van der Waals surface area contributed by atoms with Gasteiger partial charge in [0.2, 0.25) is 0 Å². The van der Waals surface area contributed by atoms with Crippen molar-refractivity contribution in [3.63, 3.8) is 0 Å². The van der Waals surface area contributed by atoms with E-state index < -0.39 is 5.82 Å². The molecule has 0 bridgehead atoms. The van der Waals surface area contributed by atoms with Crippen molar-refractivity contribution in [1.29, 1.82) is 0 Å². The van der Waals surface area contributed by atoms with Crippen LogP contribution < -0.4 is 15.8 Å². The lowest BCUT2D eigenvalue weighted by atomic mass is 10.2. The number of thiophene rings is 1. The smallest absolute Gasteiger partial charge is 0.148 e. The average molecular weight is 238 g/mol. The van der Waals surface area contributed by atoms with Crippen molar-refractivity contribution in [3.05, 3.63) is 34.8 Å². The van der Waals surface area contributed by atoms with Gasteiger partial charge >= 0.3 is 0 Å². The highest BCUT2D eigenvalue weighted by atomic mass is 32.1. The molecule has 0 spiro atoms. The minimum atomic E-state index is -0.399. The van der Waals surface area contributed by atoms with Crippen LogP contribution in [0.2, 0.25) is 0 Å². The van der Waals surface area contributed by atoms with Crippen LogP contribution in [-0.2, 0) is 0 Å². The first-order chi connectivity index (χ1) is 7.70. The molecule has 16 heavy (non-hydrogen) atoms. The zero-order chi connectivity index (χ0) is 11.5. The van der Waals surface area contributed by atoms with Gasteiger partial charge in [-0.05, 0) is 11.4 Å². The number of nitrogens with one attached hydrogen (secondary N) is 1. The zero-order valence-corrected chi connectivity index (χ0v) is 9.48. The molecule has 0 unspecified atom stereocenters. The number of benzene rings is 1. The summed E-state index contributed by atoms with van der Waals surface area (Å²) in [5.41, 5.74) is 7.07. The monoisotopic (exact) mass is 238 g/mol. The molecular weight excluding hydrogens is 227 g/mol. The number of hydrogen-bond donors (Lipinski definition) is 2. The summed E-state index contributed by atoms with van der Waals surface area (Å²) in [5, 5.41) is 6.76. The molecule has 0 aliphatic carbocycles. The van der Waals surface area contributed by atoms with E-state index in [4.69, 9.17) is 10.5 Å². The van der Waals surface area contributed by atoms with E-state index in [0.29, 0.717) is 11.4 Å². The molecule has 0 aliphatic rings. The van der Waals surface area contributed by atoms with Gasteiger partial charge in [0.1, 0.15) is 11.6 Å². The minimum Gasteiger partial charge on any atom is -0.495 e. The number of nitrogens with two attached hydrogens (primary N) is 1. The predicted octanol–water partition coefficient (Wildman–Crippen LogP) is 3.22. The molecule has 0 atom stereocenters. The van der Waals surface area contributed by atoms with E-state index in [-0.39, 0.29) is 5.69 Å². The lowest BCUT2D eigenvalue weighted by molar-refractivity contribution is 0.416. The normalized spacial score (nSPS) is 10.1. The van der Waals surface area contributed by atoms with Crippen molar-refractivity contribution in [2.75, 3.05) is 18.2 Å². The van der Waals surface area contributed by atoms with E-state index in [2.05, 4.69) is 5.32 Å². The number of rotatable bonds is 3. The fraction of sp³-hybridized carbons (Fsp3) is 0.0909. The molecule has 0 aliphatic heterocycles. The molecule has 2 aromatic rings. The number of anilines is 3.